The minimum atomic E-state index is -3.85. The molecule has 4 rings (SSSR count). The zero-order valence-corrected chi connectivity index (χ0v) is 29.6. The molecule has 4 atom stereocenters. The van der Waals surface area contributed by atoms with Crippen LogP contribution in [-0.2, 0) is 14.8 Å². The highest BCUT2D eigenvalue weighted by Crippen LogP contribution is 2.29. The van der Waals surface area contributed by atoms with E-state index in [1.807, 2.05) is 32.0 Å². The number of para-hydroxylation sites is 1. The summed E-state index contributed by atoms with van der Waals surface area (Å²) in [6, 6.07) is 19.1. The molecule has 0 saturated heterocycles. The van der Waals surface area contributed by atoms with Crippen molar-refractivity contribution < 1.29 is 37.3 Å². The predicted octanol–water partition coefficient (Wildman–Crippen LogP) is 5.46. The number of anilines is 2. The first kappa shape index (κ1) is 37.6. The van der Waals surface area contributed by atoms with Crippen molar-refractivity contribution in [3.05, 3.63) is 78.4 Å². The Balaban J connectivity index is 1.62. The van der Waals surface area contributed by atoms with Crippen molar-refractivity contribution in [2.45, 2.75) is 63.2 Å². The molecule has 0 aliphatic carbocycles. The van der Waals surface area contributed by atoms with Crippen LogP contribution < -0.4 is 20.1 Å². The van der Waals surface area contributed by atoms with Gasteiger partial charge in [0.1, 0.15) is 11.5 Å². The topological polar surface area (TPSA) is 147 Å². The first-order chi connectivity index (χ1) is 23.4. The smallest absolute Gasteiger partial charge is 0.323 e. The van der Waals surface area contributed by atoms with Gasteiger partial charge in [-0.15, -0.1) is 0 Å². The number of nitrogens with one attached hydrogen (secondary N) is 2. The second kappa shape index (κ2) is 17.5. The van der Waals surface area contributed by atoms with Crippen molar-refractivity contribution in [3.8, 4) is 11.5 Å². The number of aliphatic hydroxyl groups is 1. The number of methoxy groups -OCH3 is 1. The van der Waals surface area contributed by atoms with E-state index in [9.17, 15) is 23.1 Å². The average molecular weight is 697 g/mol. The van der Waals surface area contributed by atoms with Gasteiger partial charge in [0.05, 0.1) is 42.4 Å². The van der Waals surface area contributed by atoms with Gasteiger partial charge < -0.3 is 34.9 Å². The standard InChI is InChI=1S/C36H48N4O8S/c1-25-22-40(26(2)24-41)35(42)32-21-29(38-36(43)37-28-12-7-6-8-13-28)14-19-33(32)48-27(3)11-9-10-20-47-34(25)23-39(4)49(44,45)31-17-15-30(46-5)16-18-31/h6-8,12-19,21,25-27,34,41H,9-11,20,22-24H2,1-5H3,(H2,37,38,43)/t25-,26+,27-,34+/m0/s1. The number of amides is 3. The molecule has 3 N–H and O–H groups in total. The number of rotatable bonds is 9. The Morgan fingerprint density at radius 2 is 1.73 bits per heavy atom. The number of fused-ring (bicyclic) bond motifs is 1. The summed E-state index contributed by atoms with van der Waals surface area (Å²) in [5, 5.41) is 15.8. The molecule has 3 amide bonds. The lowest BCUT2D eigenvalue weighted by Crippen LogP contribution is -2.48. The molecular formula is C36H48N4O8S. The van der Waals surface area contributed by atoms with Crippen molar-refractivity contribution >= 4 is 33.3 Å². The first-order valence-electron chi connectivity index (χ1n) is 16.5. The molecule has 3 aromatic rings. The molecule has 0 fully saturated rings. The number of urea groups is 1. The Hall–Kier alpha value is -4.17. The van der Waals surface area contributed by atoms with E-state index in [1.165, 1.54) is 30.6 Å². The zero-order chi connectivity index (χ0) is 35.6. The van der Waals surface area contributed by atoms with Crippen molar-refractivity contribution in [3.63, 3.8) is 0 Å². The molecule has 1 heterocycles. The maximum absolute atomic E-state index is 14.4. The average Bonchev–Trinajstić information content (AvgIpc) is 3.09. The molecule has 0 radical (unpaired) electrons. The first-order valence-corrected chi connectivity index (χ1v) is 17.9. The van der Waals surface area contributed by atoms with Crippen LogP contribution in [0.2, 0.25) is 0 Å². The van der Waals surface area contributed by atoms with Gasteiger partial charge in [0.2, 0.25) is 10.0 Å². The third-order valence-corrected chi connectivity index (χ3v) is 10.4. The largest absolute Gasteiger partial charge is 0.497 e. The second-order valence-corrected chi connectivity index (χ2v) is 14.5. The lowest BCUT2D eigenvalue weighted by Gasteiger charge is -2.35. The number of hydrogen-bond acceptors (Lipinski definition) is 8. The lowest BCUT2D eigenvalue weighted by atomic mass is 10.0. The van der Waals surface area contributed by atoms with Crippen LogP contribution in [-0.4, -0.2) is 93.4 Å². The molecule has 0 spiro atoms. The Kier molecular flexibility index (Phi) is 13.4. The Bertz CT molecular complexity index is 1640. The SMILES string of the molecule is COc1ccc(S(=O)(=O)N(C)C[C@H]2OCCCC[C@H](C)Oc3ccc(NC(=O)Nc4ccccc4)cc3C(=O)N([C@H](C)CO)C[C@@H]2C)cc1. The van der Waals surface area contributed by atoms with Crippen LogP contribution >= 0.6 is 0 Å². The van der Waals surface area contributed by atoms with Gasteiger partial charge >= 0.3 is 6.03 Å². The van der Waals surface area contributed by atoms with Crippen molar-refractivity contribution in [1.29, 1.82) is 0 Å². The zero-order valence-electron chi connectivity index (χ0n) is 28.8. The van der Waals surface area contributed by atoms with E-state index in [0.717, 1.165) is 12.8 Å². The van der Waals surface area contributed by atoms with Crippen molar-refractivity contribution in [2.75, 3.05) is 51.1 Å². The van der Waals surface area contributed by atoms with Crippen LogP contribution in [0.3, 0.4) is 0 Å². The molecule has 49 heavy (non-hydrogen) atoms. The normalized spacial score (nSPS) is 20.0. The fraction of sp³-hybridized carbons (Fsp3) is 0.444. The third kappa shape index (κ3) is 10.2. The van der Waals surface area contributed by atoms with Crippen LogP contribution in [0.15, 0.2) is 77.7 Å². The Morgan fingerprint density at radius 3 is 2.41 bits per heavy atom. The summed E-state index contributed by atoms with van der Waals surface area (Å²) >= 11 is 0. The lowest BCUT2D eigenvalue weighted by molar-refractivity contribution is -0.00834. The van der Waals surface area contributed by atoms with Gasteiger partial charge in [-0.25, -0.2) is 13.2 Å². The van der Waals surface area contributed by atoms with Gasteiger partial charge in [0.25, 0.3) is 5.91 Å². The van der Waals surface area contributed by atoms with Crippen LogP contribution in [0.1, 0.15) is 50.4 Å². The minimum Gasteiger partial charge on any atom is -0.497 e. The molecule has 0 saturated carbocycles. The molecule has 1 aliphatic rings. The highest BCUT2D eigenvalue weighted by Gasteiger charge is 2.32. The Morgan fingerprint density at radius 1 is 1.04 bits per heavy atom. The molecule has 3 aromatic carbocycles. The van der Waals surface area contributed by atoms with E-state index in [0.29, 0.717) is 35.9 Å². The maximum Gasteiger partial charge on any atom is 0.323 e. The second-order valence-electron chi connectivity index (χ2n) is 12.4. The molecule has 266 valence electrons. The summed E-state index contributed by atoms with van der Waals surface area (Å²) in [5.41, 5.74) is 1.22. The summed E-state index contributed by atoms with van der Waals surface area (Å²) in [4.78, 5) is 28.8. The van der Waals surface area contributed by atoms with E-state index in [2.05, 4.69) is 10.6 Å². The monoisotopic (exact) mass is 696 g/mol. The highest BCUT2D eigenvalue weighted by atomic mass is 32.2. The fourth-order valence-corrected chi connectivity index (χ4v) is 6.74. The number of ether oxygens (including phenoxy) is 3. The quantitative estimate of drug-likeness (QED) is 0.268. The van der Waals surface area contributed by atoms with E-state index in [1.54, 1.807) is 54.3 Å². The number of carbonyl (C=O) groups is 2. The number of sulfonamides is 1. The summed E-state index contributed by atoms with van der Waals surface area (Å²) in [6.45, 7) is 5.87. The summed E-state index contributed by atoms with van der Waals surface area (Å²) in [5.74, 6) is 0.171. The minimum absolute atomic E-state index is 0.0474. The van der Waals surface area contributed by atoms with Gasteiger partial charge in [-0.3, -0.25) is 4.79 Å². The van der Waals surface area contributed by atoms with Crippen LogP contribution in [0, 0.1) is 5.92 Å². The van der Waals surface area contributed by atoms with Gasteiger partial charge in [0.15, 0.2) is 0 Å². The molecular weight excluding hydrogens is 648 g/mol. The van der Waals surface area contributed by atoms with E-state index in [4.69, 9.17) is 14.2 Å². The summed E-state index contributed by atoms with van der Waals surface area (Å²) in [7, 11) is -0.827. The number of benzene rings is 3. The fourth-order valence-electron chi connectivity index (χ4n) is 5.56. The highest BCUT2D eigenvalue weighted by molar-refractivity contribution is 7.89. The third-order valence-electron chi connectivity index (χ3n) is 8.55. The summed E-state index contributed by atoms with van der Waals surface area (Å²) < 4.78 is 46.1. The van der Waals surface area contributed by atoms with Gasteiger partial charge in [-0.05, 0) is 87.7 Å². The van der Waals surface area contributed by atoms with Crippen molar-refractivity contribution in [2.24, 2.45) is 5.92 Å². The van der Waals surface area contributed by atoms with Crippen molar-refractivity contribution in [1.82, 2.24) is 9.21 Å². The molecule has 0 unspecified atom stereocenters. The van der Waals surface area contributed by atoms with Crippen LogP contribution in [0.25, 0.3) is 0 Å². The van der Waals surface area contributed by atoms with Gasteiger partial charge in [0, 0.05) is 44.0 Å². The summed E-state index contributed by atoms with van der Waals surface area (Å²) in [6.07, 6.45) is 1.42. The molecule has 0 aromatic heterocycles. The maximum atomic E-state index is 14.4. The molecule has 12 nitrogen and oxygen atoms in total. The number of likely N-dealkylation sites (N-methyl/N-ethyl adjacent to an activating group) is 1. The van der Waals surface area contributed by atoms with E-state index < -0.39 is 34.1 Å². The van der Waals surface area contributed by atoms with Gasteiger partial charge in [-0.1, -0.05) is 25.1 Å². The van der Waals surface area contributed by atoms with E-state index in [-0.39, 0.29) is 42.2 Å². The van der Waals surface area contributed by atoms with E-state index >= 15 is 0 Å². The molecule has 1 aliphatic heterocycles. The van der Waals surface area contributed by atoms with Crippen LogP contribution in [0.4, 0.5) is 16.2 Å². The number of carbonyl (C=O) groups excluding carboxylic acids is 2. The molecule has 13 heteroatoms. The van der Waals surface area contributed by atoms with Gasteiger partial charge in [-0.2, -0.15) is 4.31 Å². The Labute approximate surface area is 289 Å². The predicted molar refractivity (Wildman–Crippen MR) is 189 cm³/mol. The molecule has 0 bridgehead atoms. The van der Waals surface area contributed by atoms with Crippen LogP contribution in [0.5, 0.6) is 11.5 Å². The number of aliphatic hydroxyl groups excluding tert-OH is 1. The number of hydrogen-bond donors (Lipinski definition) is 3. The number of nitrogens with zero attached hydrogens (tertiary/aromatic N) is 2.